The van der Waals surface area contributed by atoms with Gasteiger partial charge in [-0.05, 0) is 19.3 Å². The van der Waals surface area contributed by atoms with E-state index in [0.717, 1.165) is 25.7 Å². The van der Waals surface area contributed by atoms with Gasteiger partial charge in [-0.1, -0.05) is 25.3 Å². The van der Waals surface area contributed by atoms with Gasteiger partial charge in [-0.2, -0.15) is 0 Å². The first-order chi connectivity index (χ1) is 8.15. The van der Waals surface area contributed by atoms with Gasteiger partial charge in [0.05, 0.1) is 5.92 Å². The predicted molar refractivity (Wildman–Crippen MR) is 65.6 cm³/mol. The van der Waals surface area contributed by atoms with E-state index in [1.165, 1.54) is 0 Å². The Morgan fingerprint density at radius 1 is 1.29 bits per heavy atom. The van der Waals surface area contributed by atoms with E-state index >= 15 is 0 Å². The van der Waals surface area contributed by atoms with Gasteiger partial charge in [0.1, 0.15) is 0 Å². The molecular formula is C13H21NO3. The Bertz CT molecular complexity index is 288. The lowest BCUT2D eigenvalue weighted by Crippen LogP contribution is -2.42. The number of rotatable bonds is 5. The molecule has 1 aliphatic carbocycles. The van der Waals surface area contributed by atoms with E-state index in [1.807, 2.05) is 0 Å². The molecule has 2 N–H and O–H groups in total. The smallest absolute Gasteiger partial charge is 0.308 e. The van der Waals surface area contributed by atoms with Crippen LogP contribution in [0.1, 0.15) is 44.9 Å². The van der Waals surface area contributed by atoms with E-state index in [-0.39, 0.29) is 11.9 Å². The molecular weight excluding hydrogens is 218 g/mol. The van der Waals surface area contributed by atoms with Crippen molar-refractivity contribution in [1.82, 2.24) is 5.32 Å². The zero-order valence-electron chi connectivity index (χ0n) is 10.2. The number of nitrogens with one attached hydrogen (secondary N) is 1. The first kappa shape index (κ1) is 13.7. The van der Waals surface area contributed by atoms with Crippen LogP contribution >= 0.6 is 0 Å². The zero-order valence-corrected chi connectivity index (χ0v) is 10.2. The highest BCUT2D eigenvalue weighted by molar-refractivity contribution is 5.78. The van der Waals surface area contributed by atoms with Crippen LogP contribution in [0.15, 0.2) is 12.7 Å². The molecule has 0 radical (unpaired) electrons. The van der Waals surface area contributed by atoms with Gasteiger partial charge in [0.2, 0.25) is 5.91 Å². The quantitative estimate of drug-likeness (QED) is 0.570. The molecule has 0 heterocycles. The lowest BCUT2D eigenvalue weighted by atomic mass is 9.94. The molecule has 17 heavy (non-hydrogen) atoms. The molecule has 0 saturated heterocycles. The Labute approximate surface area is 102 Å². The molecule has 1 saturated carbocycles. The lowest BCUT2D eigenvalue weighted by Gasteiger charge is -2.22. The van der Waals surface area contributed by atoms with Crippen LogP contribution in [0, 0.1) is 5.92 Å². The SMILES string of the molecule is C=CCCC(=O)NC1CCCCCC1C(=O)O. The van der Waals surface area contributed by atoms with Crippen LogP contribution < -0.4 is 5.32 Å². The van der Waals surface area contributed by atoms with Gasteiger partial charge in [0.15, 0.2) is 0 Å². The fourth-order valence-corrected chi connectivity index (χ4v) is 2.29. The maximum atomic E-state index is 11.6. The largest absolute Gasteiger partial charge is 0.481 e. The van der Waals surface area contributed by atoms with Gasteiger partial charge < -0.3 is 10.4 Å². The average Bonchev–Trinajstić information content (AvgIpc) is 2.51. The summed E-state index contributed by atoms with van der Waals surface area (Å²) in [7, 11) is 0. The van der Waals surface area contributed by atoms with E-state index in [1.54, 1.807) is 6.08 Å². The van der Waals surface area contributed by atoms with Crippen LogP contribution in [0.3, 0.4) is 0 Å². The van der Waals surface area contributed by atoms with Crippen LogP contribution in [0.5, 0.6) is 0 Å². The molecule has 0 aromatic heterocycles. The van der Waals surface area contributed by atoms with E-state index in [0.29, 0.717) is 19.3 Å². The molecule has 2 unspecified atom stereocenters. The van der Waals surface area contributed by atoms with Gasteiger partial charge in [0.25, 0.3) is 0 Å². The topological polar surface area (TPSA) is 66.4 Å². The number of carbonyl (C=O) groups is 2. The van der Waals surface area contributed by atoms with E-state index < -0.39 is 11.9 Å². The second-order valence-corrected chi connectivity index (χ2v) is 4.58. The second-order valence-electron chi connectivity index (χ2n) is 4.58. The molecule has 1 rings (SSSR count). The van der Waals surface area contributed by atoms with Gasteiger partial charge >= 0.3 is 5.97 Å². The Hall–Kier alpha value is -1.32. The van der Waals surface area contributed by atoms with Gasteiger partial charge in [-0.25, -0.2) is 0 Å². The van der Waals surface area contributed by atoms with Crippen molar-refractivity contribution in [3.63, 3.8) is 0 Å². The summed E-state index contributed by atoms with van der Waals surface area (Å²) in [5.74, 6) is -1.28. The Kier molecular flexibility index (Phi) is 5.73. The molecule has 0 aromatic carbocycles. The van der Waals surface area contributed by atoms with Crippen molar-refractivity contribution in [3.05, 3.63) is 12.7 Å². The van der Waals surface area contributed by atoms with Crippen LogP contribution in [0.2, 0.25) is 0 Å². The molecule has 2 atom stereocenters. The molecule has 0 spiro atoms. The molecule has 0 aromatic rings. The summed E-state index contributed by atoms with van der Waals surface area (Å²) in [5, 5.41) is 12.0. The maximum Gasteiger partial charge on any atom is 0.308 e. The van der Waals surface area contributed by atoms with Crippen molar-refractivity contribution in [3.8, 4) is 0 Å². The van der Waals surface area contributed by atoms with Gasteiger partial charge in [0, 0.05) is 12.5 Å². The summed E-state index contributed by atoms with van der Waals surface area (Å²) in [6.45, 7) is 3.56. The van der Waals surface area contributed by atoms with E-state index in [9.17, 15) is 9.59 Å². The summed E-state index contributed by atoms with van der Waals surface area (Å²) in [5.41, 5.74) is 0. The number of carbonyl (C=O) groups excluding carboxylic acids is 1. The average molecular weight is 239 g/mol. The molecule has 1 aliphatic rings. The Morgan fingerprint density at radius 3 is 2.65 bits per heavy atom. The van der Waals surface area contributed by atoms with Crippen molar-refractivity contribution in [2.45, 2.75) is 51.0 Å². The first-order valence-corrected chi connectivity index (χ1v) is 6.28. The minimum Gasteiger partial charge on any atom is -0.481 e. The minimum atomic E-state index is -0.791. The minimum absolute atomic E-state index is 0.0666. The summed E-state index contributed by atoms with van der Waals surface area (Å²) in [6, 6.07) is -0.202. The fourth-order valence-electron chi connectivity index (χ4n) is 2.29. The fraction of sp³-hybridized carbons (Fsp3) is 0.692. The first-order valence-electron chi connectivity index (χ1n) is 6.28. The molecule has 0 aliphatic heterocycles. The summed E-state index contributed by atoms with van der Waals surface area (Å²) in [4.78, 5) is 22.7. The van der Waals surface area contributed by atoms with Gasteiger partial charge in [-0.3, -0.25) is 9.59 Å². The highest BCUT2D eigenvalue weighted by Gasteiger charge is 2.30. The molecule has 1 amide bonds. The van der Waals surface area contributed by atoms with Crippen molar-refractivity contribution in [2.24, 2.45) is 5.92 Å². The van der Waals surface area contributed by atoms with E-state index in [2.05, 4.69) is 11.9 Å². The Balaban J connectivity index is 2.54. The van der Waals surface area contributed by atoms with Crippen molar-refractivity contribution in [1.29, 1.82) is 0 Å². The number of carboxylic acids is 1. The Morgan fingerprint density at radius 2 is 2.00 bits per heavy atom. The highest BCUT2D eigenvalue weighted by Crippen LogP contribution is 2.23. The zero-order chi connectivity index (χ0) is 12.7. The maximum absolute atomic E-state index is 11.6. The molecule has 96 valence electrons. The molecule has 1 fully saturated rings. The second kappa shape index (κ2) is 7.09. The lowest BCUT2D eigenvalue weighted by molar-refractivity contribution is -0.143. The van der Waals surface area contributed by atoms with Crippen molar-refractivity contribution >= 4 is 11.9 Å². The van der Waals surface area contributed by atoms with Crippen LogP contribution in [0.4, 0.5) is 0 Å². The third-order valence-corrected chi connectivity index (χ3v) is 3.26. The summed E-state index contributed by atoms with van der Waals surface area (Å²) < 4.78 is 0. The van der Waals surface area contributed by atoms with Crippen LogP contribution in [0.25, 0.3) is 0 Å². The molecule has 4 nitrogen and oxygen atoms in total. The van der Waals surface area contributed by atoms with Crippen LogP contribution in [-0.4, -0.2) is 23.0 Å². The third-order valence-electron chi connectivity index (χ3n) is 3.26. The van der Waals surface area contributed by atoms with Crippen molar-refractivity contribution < 1.29 is 14.7 Å². The number of hydrogen-bond acceptors (Lipinski definition) is 2. The number of carboxylic acid groups (broad SMARTS) is 1. The highest BCUT2D eigenvalue weighted by atomic mass is 16.4. The summed E-state index contributed by atoms with van der Waals surface area (Å²) in [6.07, 6.45) is 7.16. The monoisotopic (exact) mass is 239 g/mol. The van der Waals surface area contributed by atoms with E-state index in [4.69, 9.17) is 5.11 Å². The normalized spacial score (nSPS) is 24.7. The number of amides is 1. The number of hydrogen-bond donors (Lipinski definition) is 2. The molecule has 4 heteroatoms. The number of aliphatic carboxylic acids is 1. The molecule has 0 bridgehead atoms. The third kappa shape index (κ3) is 4.59. The van der Waals surface area contributed by atoms with Crippen LogP contribution in [-0.2, 0) is 9.59 Å². The predicted octanol–water partition coefficient (Wildman–Crippen LogP) is 2.10. The van der Waals surface area contributed by atoms with Crippen molar-refractivity contribution in [2.75, 3.05) is 0 Å². The summed E-state index contributed by atoms with van der Waals surface area (Å²) >= 11 is 0. The standard InChI is InChI=1S/C13H21NO3/c1-2-3-9-12(15)14-11-8-6-4-5-7-10(11)13(16)17/h2,10-11H,1,3-9H2,(H,14,15)(H,16,17). The van der Waals surface area contributed by atoms with Gasteiger partial charge in [-0.15, -0.1) is 6.58 Å². The number of allylic oxidation sites excluding steroid dienone is 1.